The molecule has 1 N–H and O–H groups in total. The van der Waals surface area contributed by atoms with E-state index in [4.69, 9.17) is 13.9 Å². The lowest BCUT2D eigenvalue weighted by atomic mass is 10.1. The molecule has 0 saturated carbocycles. The van der Waals surface area contributed by atoms with Gasteiger partial charge in [-0.15, -0.1) is 0 Å². The molecule has 1 aromatic heterocycles. The third-order valence-corrected chi connectivity index (χ3v) is 4.06. The fourth-order valence-electron chi connectivity index (χ4n) is 2.74. The summed E-state index contributed by atoms with van der Waals surface area (Å²) >= 11 is 0. The van der Waals surface area contributed by atoms with Gasteiger partial charge < -0.3 is 19.2 Å². The lowest BCUT2D eigenvalue weighted by Gasteiger charge is -2.12. The van der Waals surface area contributed by atoms with Gasteiger partial charge in [-0.1, -0.05) is 30.3 Å². The Morgan fingerprint density at radius 1 is 1.11 bits per heavy atom. The highest BCUT2D eigenvalue weighted by Gasteiger charge is 2.16. The van der Waals surface area contributed by atoms with Crippen LogP contribution in [0.4, 0.5) is 0 Å². The third-order valence-electron chi connectivity index (χ3n) is 4.06. The van der Waals surface area contributed by atoms with Crippen molar-refractivity contribution in [3.63, 3.8) is 0 Å². The lowest BCUT2D eigenvalue weighted by molar-refractivity contribution is -0.125. The number of methoxy groups -OCH3 is 1. The van der Waals surface area contributed by atoms with Gasteiger partial charge in [-0.25, -0.2) is 4.79 Å². The number of furan rings is 1. The lowest BCUT2D eigenvalue weighted by Crippen LogP contribution is -2.31. The quantitative estimate of drug-likeness (QED) is 0.646. The zero-order chi connectivity index (χ0) is 19.2. The van der Waals surface area contributed by atoms with E-state index in [1.54, 1.807) is 25.3 Å². The van der Waals surface area contributed by atoms with E-state index in [1.165, 1.54) is 0 Å². The topological polar surface area (TPSA) is 77.8 Å². The molecule has 1 amide bonds. The van der Waals surface area contributed by atoms with Crippen LogP contribution in [0, 0.1) is 0 Å². The first-order valence-corrected chi connectivity index (χ1v) is 8.59. The summed E-state index contributed by atoms with van der Waals surface area (Å²) in [4.78, 5) is 24.2. The summed E-state index contributed by atoms with van der Waals surface area (Å²) in [5.41, 5.74) is 1.99. The van der Waals surface area contributed by atoms with Gasteiger partial charge in [-0.3, -0.25) is 4.79 Å². The molecular formula is C21H21NO5. The molecule has 3 rings (SSSR count). The summed E-state index contributed by atoms with van der Waals surface area (Å²) in [6.45, 7) is 1.85. The molecule has 1 heterocycles. The van der Waals surface area contributed by atoms with Gasteiger partial charge >= 0.3 is 5.97 Å². The number of ether oxygens (including phenoxy) is 2. The minimum absolute atomic E-state index is 0.339. The Hall–Kier alpha value is -3.12. The molecule has 140 valence electrons. The maximum absolute atomic E-state index is 12.1. The molecule has 0 aliphatic carbocycles. The molecular weight excluding hydrogens is 346 g/mol. The highest BCUT2D eigenvalue weighted by molar-refractivity contribution is 5.91. The minimum Gasteiger partial charge on any atom is -0.459 e. The number of hydrogen-bond acceptors (Lipinski definition) is 5. The van der Waals surface area contributed by atoms with Gasteiger partial charge in [0, 0.05) is 12.5 Å². The molecule has 6 nitrogen and oxygen atoms in total. The Kier molecular flexibility index (Phi) is 5.88. The van der Waals surface area contributed by atoms with Gasteiger partial charge in [0.05, 0.1) is 18.2 Å². The van der Waals surface area contributed by atoms with Gasteiger partial charge in [0.15, 0.2) is 6.61 Å². The summed E-state index contributed by atoms with van der Waals surface area (Å²) in [6.07, 6.45) is 0. The van der Waals surface area contributed by atoms with Gasteiger partial charge in [0.1, 0.15) is 11.3 Å². The van der Waals surface area contributed by atoms with Crippen LogP contribution in [0.2, 0.25) is 0 Å². The number of carbonyl (C=O) groups is 2. The number of esters is 1. The standard InChI is InChI=1S/C21H21NO5/c1-14(19-11-16-7-3-4-9-18(16)27-19)22-20(23)13-26-21(24)17-8-5-6-15(10-17)12-25-2/h3-11,14H,12-13H2,1-2H3,(H,22,23)/t14-/m1/s1. The van der Waals surface area contributed by atoms with Crippen molar-refractivity contribution in [2.24, 2.45) is 0 Å². The maximum Gasteiger partial charge on any atom is 0.338 e. The Labute approximate surface area is 157 Å². The molecule has 1 atom stereocenters. The number of hydrogen-bond donors (Lipinski definition) is 1. The van der Waals surface area contributed by atoms with Crippen LogP contribution < -0.4 is 5.32 Å². The number of amides is 1. The van der Waals surface area contributed by atoms with E-state index in [0.717, 1.165) is 16.5 Å². The van der Waals surface area contributed by atoms with Crippen LogP contribution in [0.15, 0.2) is 59.0 Å². The second kappa shape index (κ2) is 8.51. The number of carbonyl (C=O) groups excluding carboxylic acids is 2. The molecule has 0 aliphatic rings. The zero-order valence-corrected chi connectivity index (χ0v) is 15.2. The van der Waals surface area contributed by atoms with E-state index in [9.17, 15) is 9.59 Å². The fraction of sp³-hybridized carbons (Fsp3) is 0.238. The first-order valence-electron chi connectivity index (χ1n) is 8.59. The Balaban J connectivity index is 1.54. The van der Waals surface area contributed by atoms with Gasteiger partial charge in [-0.05, 0) is 36.8 Å². The van der Waals surface area contributed by atoms with Gasteiger partial charge in [0.25, 0.3) is 5.91 Å². The smallest absolute Gasteiger partial charge is 0.338 e. The van der Waals surface area contributed by atoms with Crippen molar-refractivity contribution in [2.75, 3.05) is 13.7 Å². The van der Waals surface area contributed by atoms with E-state index in [2.05, 4.69) is 5.32 Å². The number of fused-ring (bicyclic) bond motifs is 1. The van der Waals surface area contributed by atoms with Crippen LogP contribution in [-0.2, 0) is 20.9 Å². The summed E-state index contributed by atoms with van der Waals surface area (Å²) in [7, 11) is 1.58. The predicted molar refractivity (Wildman–Crippen MR) is 100 cm³/mol. The second-order valence-electron chi connectivity index (χ2n) is 6.19. The first kappa shape index (κ1) is 18.7. The average Bonchev–Trinajstić information content (AvgIpc) is 3.11. The molecule has 0 radical (unpaired) electrons. The van der Waals surface area contributed by atoms with Gasteiger partial charge in [0.2, 0.25) is 0 Å². The van der Waals surface area contributed by atoms with Crippen molar-refractivity contribution >= 4 is 22.8 Å². The van der Waals surface area contributed by atoms with Crippen molar-refractivity contribution in [1.82, 2.24) is 5.32 Å². The highest BCUT2D eigenvalue weighted by atomic mass is 16.5. The maximum atomic E-state index is 12.1. The molecule has 0 fully saturated rings. The van der Waals surface area contributed by atoms with Crippen LogP contribution in [-0.4, -0.2) is 25.6 Å². The van der Waals surface area contributed by atoms with Crippen LogP contribution >= 0.6 is 0 Å². The summed E-state index contributed by atoms with van der Waals surface area (Å²) in [6, 6.07) is 16.1. The largest absolute Gasteiger partial charge is 0.459 e. The van der Waals surface area contributed by atoms with Crippen LogP contribution in [0.1, 0.15) is 34.6 Å². The monoisotopic (exact) mass is 367 g/mol. The van der Waals surface area contributed by atoms with Gasteiger partial charge in [-0.2, -0.15) is 0 Å². The third kappa shape index (κ3) is 4.74. The Bertz CT molecular complexity index is 913. The zero-order valence-electron chi connectivity index (χ0n) is 15.2. The van der Waals surface area contributed by atoms with Crippen LogP contribution in [0.3, 0.4) is 0 Å². The molecule has 0 saturated heterocycles. The number of rotatable bonds is 7. The number of nitrogens with one attached hydrogen (secondary N) is 1. The van der Waals surface area contributed by atoms with E-state index >= 15 is 0 Å². The van der Waals surface area contributed by atoms with E-state index in [-0.39, 0.29) is 12.6 Å². The molecule has 0 unspecified atom stereocenters. The molecule has 0 bridgehead atoms. The molecule has 2 aromatic carbocycles. The van der Waals surface area contributed by atoms with Crippen molar-refractivity contribution < 1.29 is 23.5 Å². The van der Waals surface area contributed by atoms with Crippen LogP contribution in [0.25, 0.3) is 11.0 Å². The van der Waals surface area contributed by atoms with E-state index in [0.29, 0.717) is 17.9 Å². The van der Waals surface area contributed by atoms with E-state index < -0.39 is 11.9 Å². The molecule has 3 aromatic rings. The summed E-state index contributed by atoms with van der Waals surface area (Å²) in [5.74, 6) is -0.313. The normalized spacial score (nSPS) is 11.9. The Morgan fingerprint density at radius 3 is 2.70 bits per heavy atom. The molecule has 0 spiro atoms. The molecule has 0 aliphatic heterocycles. The van der Waals surface area contributed by atoms with Crippen molar-refractivity contribution in [3.05, 3.63) is 71.5 Å². The predicted octanol–water partition coefficient (Wildman–Crippen LogP) is 3.61. The summed E-state index contributed by atoms with van der Waals surface area (Å²) in [5, 5.41) is 3.73. The van der Waals surface area contributed by atoms with Crippen molar-refractivity contribution in [1.29, 1.82) is 0 Å². The van der Waals surface area contributed by atoms with E-state index in [1.807, 2.05) is 43.3 Å². The summed E-state index contributed by atoms with van der Waals surface area (Å²) < 4.78 is 15.9. The highest BCUT2D eigenvalue weighted by Crippen LogP contribution is 2.23. The molecule has 27 heavy (non-hydrogen) atoms. The average molecular weight is 367 g/mol. The SMILES string of the molecule is COCc1cccc(C(=O)OCC(=O)N[C@H](C)c2cc3ccccc3o2)c1. The number of benzene rings is 2. The Morgan fingerprint density at radius 2 is 1.93 bits per heavy atom. The van der Waals surface area contributed by atoms with Crippen LogP contribution in [0.5, 0.6) is 0 Å². The first-order chi connectivity index (χ1) is 13.1. The molecule has 6 heteroatoms. The van der Waals surface area contributed by atoms with Crippen molar-refractivity contribution in [2.45, 2.75) is 19.6 Å². The fourth-order valence-corrected chi connectivity index (χ4v) is 2.74. The minimum atomic E-state index is -0.556. The number of para-hydroxylation sites is 1. The second-order valence-corrected chi connectivity index (χ2v) is 6.19. The van der Waals surface area contributed by atoms with Crippen molar-refractivity contribution in [3.8, 4) is 0 Å².